The maximum Gasteiger partial charge on any atom is 0.264 e. The van der Waals surface area contributed by atoms with E-state index in [2.05, 4.69) is 10.6 Å². The number of rotatable bonds is 5. The smallest absolute Gasteiger partial charge is 0.264 e. The number of carbonyl (C=O) groups excluding carboxylic acids is 5. The number of hydrogen-bond acceptors (Lipinski definition) is 7. The standard InChI is InChI=1S/C24H24N4O6/c29-19-7-6-17(22(31)26-19)28-23(32)15-3-1-4-16(21(15)24(28)33)25-13-20(30)27-10-8-14(9-11-27)18-5-2-12-34-18/h1-5,12,14,17,25H,6-11,13H2,(H,26,29,31). The molecule has 1 atom stereocenters. The number of carbonyl (C=O) groups is 5. The Morgan fingerprint density at radius 3 is 2.53 bits per heavy atom. The lowest BCUT2D eigenvalue weighted by molar-refractivity contribution is -0.136. The molecule has 3 aliphatic heterocycles. The molecule has 2 aromatic rings. The zero-order valence-electron chi connectivity index (χ0n) is 18.4. The fourth-order valence-electron chi connectivity index (χ4n) is 4.88. The van der Waals surface area contributed by atoms with E-state index in [4.69, 9.17) is 4.42 Å². The highest BCUT2D eigenvalue weighted by molar-refractivity contribution is 6.25. The number of amides is 5. The van der Waals surface area contributed by atoms with Crippen LogP contribution in [-0.4, -0.2) is 65.0 Å². The maximum absolute atomic E-state index is 13.1. The Labute approximate surface area is 195 Å². The first-order valence-corrected chi connectivity index (χ1v) is 11.3. The molecule has 0 spiro atoms. The number of piperidine rings is 2. The number of likely N-dealkylation sites (tertiary alicyclic amines) is 1. The van der Waals surface area contributed by atoms with E-state index >= 15 is 0 Å². The highest BCUT2D eigenvalue weighted by Crippen LogP contribution is 2.32. The van der Waals surface area contributed by atoms with Gasteiger partial charge in [0.05, 0.1) is 23.9 Å². The van der Waals surface area contributed by atoms with E-state index in [1.807, 2.05) is 12.1 Å². The van der Waals surface area contributed by atoms with E-state index in [9.17, 15) is 24.0 Å². The van der Waals surface area contributed by atoms with Crippen LogP contribution in [0.5, 0.6) is 0 Å². The summed E-state index contributed by atoms with van der Waals surface area (Å²) in [7, 11) is 0. The number of benzene rings is 1. The topological polar surface area (TPSA) is 129 Å². The summed E-state index contributed by atoms with van der Waals surface area (Å²) in [5.74, 6) is -1.14. The lowest BCUT2D eigenvalue weighted by Gasteiger charge is -2.31. The number of fused-ring (bicyclic) bond motifs is 1. The van der Waals surface area contributed by atoms with Gasteiger partial charge in [0.1, 0.15) is 11.8 Å². The lowest BCUT2D eigenvalue weighted by atomic mass is 9.94. The quantitative estimate of drug-likeness (QED) is 0.642. The molecule has 0 aliphatic carbocycles. The molecular weight excluding hydrogens is 440 g/mol. The van der Waals surface area contributed by atoms with Gasteiger partial charge >= 0.3 is 0 Å². The number of imide groups is 2. The van der Waals surface area contributed by atoms with Crippen molar-refractivity contribution < 1.29 is 28.4 Å². The molecule has 3 aliphatic rings. The minimum absolute atomic E-state index is 0.0260. The molecule has 0 radical (unpaired) electrons. The zero-order valence-corrected chi connectivity index (χ0v) is 18.4. The van der Waals surface area contributed by atoms with Gasteiger partial charge in [-0.05, 0) is 43.5 Å². The molecule has 2 saturated heterocycles. The molecule has 1 aromatic carbocycles. The Balaban J connectivity index is 1.25. The van der Waals surface area contributed by atoms with E-state index in [0.717, 1.165) is 23.5 Å². The van der Waals surface area contributed by atoms with Gasteiger partial charge in [-0.3, -0.25) is 34.2 Å². The third-order valence-corrected chi connectivity index (χ3v) is 6.69. The van der Waals surface area contributed by atoms with Crippen LogP contribution < -0.4 is 10.6 Å². The van der Waals surface area contributed by atoms with Crippen LogP contribution in [0.1, 0.15) is 58.1 Å². The number of nitrogens with zero attached hydrogens (tertiary/aromatic N) is 2. The van der Waals surface area contributed by atoms with Crippen molar-refractivity contribution in [3.63, 3.8) is 0 Å². The van der Waals surface area contributed by atoms with E-state index < -0.39 is 29.7 Å². The first kappa shape index (κ1) is 21.9. The molecule has 10 nitrogen and oxygen atoms in total. The zero-order chi connectivity index (χ0) is 23.8. The van der Waals surface area contributed by atoms with Gasteiger partial charge in [-0.2, -0.15) is 0 Å². The summed E-state index contributed by atoms with van der Waals surface area (Å²) in [6.07, 6.45) is 3.43. The SMILES string of the molecule is O=C1CCC(N2C(=O)c3cccc(NCC(=O)N4CCC(c5ccco5)CC4)c3C2=O)C(=O)N1. The Kier molecular flexibility index (Phi) is 5.64. The Morgan fingerprint density at radius 1 is 1.03 bits per heavy atom. The Hall–Kier alpha value is -3.95. The molecule has 0 saturated carbocycles. The number of nitrogens with one attached hydrogen (secondary N) is 2. The molecule has 176 valence electrons. The van der Waals surface area contributed by atoms with Crippen molar-refractivity contribution in [1.29, 1.82) is 0 Å². The number of hydrogen-bond donors (Lipinski definition) is 2. The normalized spacial score (nSPS) is 21.0. The molecule has 1 unspecified atom stereocenters. The summed E-state index contributed by atoms with van der Waals surface area (Å²) in [5.41, 5.74) is 0.678. The van der Waals surface area contributed by atoms with Crippen LogP contribution in [-0.2, 0) is 14.4 Å². The molecule has 1 aromatic heterocycles. The van der Waals surface area contributed by atoms with Gasteiger partial charge in [0.25, 0.3) is 11.8 Å². The summed E-state index contributed by atoms with van der Waals surface area (Å²) in [6.45, 7) is 1.20. The van der Waals surface area contributed by atoms with Crippen molar-refractivity contribution in [3.05, 3.63) is 53.5 Å². The third kappa shape index (κ3) is 3.85. The summed E-state index contributed by atoms with van der Waals surface area (Å²) < 4.78 is 5.48. The fourth-order valence-corrected chi connectivity index (χ4v) is 4.88. The van der Waals surface area contributed by atoms with Gasteiger partial charge in [-0.15, -0.1) is 0 Å². The number of furan rings is 1. The highest BCUT2D eigenvalue weighted by Gasteiger charge is 2.45. The minimum Gasteiger partial charge on any atom is -0.469 e. The van der Waals surface area contributed by atoms with Gasteiger partial charge < -0.3 is 14.6 Å². The second-order valence-electron chi connectivity index (χ2n) is 8.70. The first-order valence-electron chi connectivity index (χ1n) is 11.3. The molecule has 5 amide bonds. The summed E-state index contributed by atoms with van der Waals surface area (Å²) >= 11 is 0. The average Bonchev–Trinajstić information content (AvgIpc) is 3.46. The largest absolute Gasteiger partial charge is 0.469 e. The molecule has 5 rings (SSSR count). The molecular formula is C24H24N4O6. The lowest BCUT2D eigenvalue weighted by Crippen LogP contribution is -2.54. The van der Waals surface area contributed by atoms with Crippen LogP contribution >= 0.6 is 0 Å². The summed E-state index contributed by atoms with van der Waals surface area (Å²) in [6, 6.07) is 7.57. The van der Waals surface area contributed by atoms with Crippen LogP contribution in [0.4, 0.5) is 5.69 Å². The molecule has 4 heterocycles. The van der Waals surface area contributed by atoms with Gasteiger partial charge in [0, 0.05) is 31.1 Å². The average molecular weight is 464 g/mol. The van der Waals surface area contributed by atoms with E-state index in [0.29, 0.717) is 24.7 Å². The van der Waals surface area contributed by atoms with Crippen molar-refractivity contribution in [2.24, 2.45) is 0 Å². The van der Waals surface area contributed by atoms with Crippen molar-refractivity contribution in [2.75, 3.05) is 25.0 Å². The summed E-state index contributed by atoms with van der Waals surface area (Å²) in [4.78, 5) is 65.3. The maximum atomic E-state index is 13.1. The van der Waals surface area contributed by atoms with Gasteiger partial charge in [0.15, 0.2) is 0 Å². The Bertz CT molecular complexity index is 1170. The monoisotopic (exact) mass is 464 g/mol. The van der Waals surface area contributed by atoms with E-state index in [1.165, 1.54) is 6.07 Å². The third-order valence-electron chi connectivity index (χ3n) is 6.69. The van der Waals surface area contributed by atoms with Gasteiger partial charge in [-0.1, -0.05) is 6.07 Å². The van der Waals surface area contributed by atoms with E-state index in [-0.39, 0.29) is 36.4 Å². The molecule has 2 fully saturated rings. The fraction of sp³-hybridized carbons (Fsp3) is 0.375. The van der Waals surface area contributed by atoms with E-state index in [1.54, 1.807) is 23.3 Å². The second kappa shape index (κ2) is 8.77. The minimum atomic E-state index is -1.03. The van der Waals surface area contributed by atoms with Crippen LogP contribution in [0.25, 0.3) is 0 Å². The number of anilines is 1. The van der Waals surface area contributed by atoms with Crippen molar-refractivity contribution in [3.8, 4) is 0 Å². The van der Waals surface area contributed by atoms with Crippen molar-refractivity contribution >= 4 is 35.2 Å². The van der Waals surface area contributed by atoms with Crippen LogP contribution in [0.2, 0.25) is 0 Å². The van der Waals surface area contributed by atoms with Crippen LogP contribution in [0.3, 0.4) is 0 Å². The predicted molar refractivity (Wildman–Crippen MR) is 119 cm³/mol. The van der Waals surface area contributed by atoms with Crippen LogP contribution in [0, 0.1) is 0 Å². The highest BCUT2D eigenvalue weighted by atomic mass is 16.3. The predicted octanol–water partition coefficient (Wildman–Crippen LogP) is 1.50. The Morgan fingerprint density at radius 2 is 1.82 bits per heavy atom. The van der Waals surface area contributed by atoms with Crippen LogP contribution in [0.15, 0.2) is 41.0 Å². The first-order chi connectivity index (χ1) is 16.4. The molecule has 10 heteroatoms. The molecule has 34 heavy (non-hydrogen) atoms. The molecule has 2 N–H and O–H groups in total. The van der Waals surface area contributed by atoms with Crippen molar-refractivity contribution in [1.82, 2.24) is 15.1 Å². The molecule has 0 bridgehead atoms. The summed E-state index contributed by atoms with van der Waals surface area (Å²) in [5, 5.41) is 5.19. The van der Waals surface area contributed by atoms with Crippen molar-refractivity contribution in [2.45, 2.75) is 37.6 Å². The second-order valence-corrected chi connectivity index (χ2v) is 8.70. The van der Waals surface area contributed by atoms with Gasteiger partial charge in [0.2, 0.25) is 17.7 Å². The van der Waals surface area contributed by atoms with Gasteiger partial charge in [-0.25, -0.2) is 0 Å².